The minimum absolute atomic E-state index is 0.0260. The summed E-state index contributed by atoms with van der Waals surface area (Å²) in [6.45, 7) is 2.10. The zero-order chi connectivity index (χ0) is 9.14. The zero-order valence-electron chi connectivity index (χ0n) is 7.04. The Kier molecular flexibility index (Phi) is 2.49. The van der Waals surface area contributed by atoms with Crippen molar-refractivity contribution in [2.75, 3.05) is 6.54 Å². The average Bonchev–Trinajstić information content (AvgIpc) is 2.34. The van der Waals surface area contributed by atoms with Crippen molar-refractivity contribution in [2.24, 2.45) is 0 Å². The van der Waals surface area contributed by atoms with Crippen LogP contribution >= 0.6 is 0 Å². The smallest absolute Gasteiger partial charge is 0.231 e. The molecule has 3 heteroatoms. The summed E-state index contributed by atoms with van der Waals surface area (Å²) in [4.78, 5) is 23.5. The number of hydrogen-bond donors (Lipinski definition) is 0. The van der Waals surface area contributed by atoms with Crippen LogP contribution in [-0.4, -0.2) is 29.2 Å². The number of terminal acetylenes is 1. The van der Waals surface area contributed by atoms with Gasteiger partial charge < -0.3 is 4.90 Å². The fourth-order valence-corrected chi connectivity index (χ4v) is 1.32. The summed E-state index contributed by atoms with van der Waals surface area (Å²) in [5.74, 6) is 2.33. The number of nitrogens with zero attached hydrogens (tertiary/aromatic N) is 1. The van der Waals surface area contributed by atoms with Crippen LogP contribution in [0.2, 0.25) is 0 Å². The third kappa shape index (κ3) is 1.48. The molecule has 0 bridgehead atoms. The van der Waals surface area contributed by atoms with Gasteiger partial charge in [-0.3, -0.25) is 9.59 Å². The molecule has 1 fully saturated rings. The van der Waals surface area contributed by atoms with Gasteiger partial charge in [0.1, 0.15) is 0 Å². The topological polar surface area (TPSA) is 37.4 Å². The van der Waals surface area contributed by atoms with Crippen LogP contribution in [0.1, 0.15) is 19.8 Å². The summed E-state index contributed by atoms with van der Waals surface area (Å²) in [6, 6.07) is -0.205. The van der Waals surface area contributed by atoms with E-state index in [9.17, 15) is 9.59 Å². The molecule has 0 radical (unpaired) electrons. The quantitative estimate of drug-likeness (QED) is 0.433. The van der Waals surface area contributed by atoms with Gasteiger partial charge in [0.25, 0.3) is 0 Å². The highest BCUT2D eigenvalue weighted by molar-refractivity contribution is 6.05. The van der Waals surface area contributed by atoms with Crippen molar-refractivity contribution in [3.05, 3.63) is 0 Å². The van der Waals surface area contributed by atoms with Crippen LogP contribution in [0.3, 0.4) is 0 Å². The van der Waals surface area contributed by atoms with Gasteiger partial charge in [0.15, 0.2) is 5.78 Å². The molecular weight excluding hydrogens is 154 g/mol. The van der Waals surface area contributed by atoms with Crippen molar-refractivity contribution in [3.63, 3.8) is 0 Å². The van der Waals surface area contributed by atoms with Crippen molar-refractivity contribution in [2.45, 2.75) is 25.8 Å². The molecule has 1 unspecified atom stereocenters. The first-order valence-corrected chi connectivity index (χ1v) is 3.96. The summed E-state index contributed by atoms with van der Waals surface area (Å²) in [6.07, 6.45) is 5.95. The monoisotopic (exact) mass is 165 g/mol. The Morgan fingerprint density at radius 2 is 2.33 bits per heavy atom. The molecule has 1 aliphatic rings. The highest BCUT2D eigenvalue weighted by Gasteiger charge is 2.31. The third-order valence-corrected chi connectivity index (χ3v) is 1.97. The second-order valence-corrected chi connectivity index (χ2v) is 2.83. The van der Waals surface area contributed by atoms with Crippen molar-refractivity contribution in [1.29, 1.82) is 0 Å². The molecule has 1 rings (SSSR count). The normalized spacial score (nSPS) is 19.5. The number of ketones is 1. The van der Waals surface area contributed by atoms with E-state index < -0.39 is 0 Å². The van der Waals surface area contributed by atoms with E-state index in [0.29, 0.717) is 6.42 Å². The lowest BCUT2D eigenvalue weighted by molar-refractivity contribution is -0.128. The van der Waals surface area contributed by atoms with Gasteiger partial charge in [-0.1, -0.05) is 12.8 Å². The fourth-order valence-electron chi connectivity index (χ4n) is 1.32. The summed E-state index contributed by atoms with van der Waals surface area (Å²) < 4.78 is 0. The molecule has 1 aliphatic heterocycles. The molecule has 1 amide bonds. The Morgan fingerprint density at radius 1 is 1.67 bits per heavy atom. The van der Waals surface area contributed by atoms with Crippen LogP contribution in [0.5, 0.6) is 0 Å². The van der Waals surface area contributed by atoms with Gasteiger partial charge in [0.2, 0.25) is 5.91 Å². The van der Waals surface area contributed by atoms with E-state index in [1.807, 2.05) is 6.92 Å². The second-order valence-electron chi connectivity index (χ2n) is 2.83. The number of likely N-dealkylation sites (tertiary alicyclic amines) is 1. The van der Waals surface area contributed by atoms with Crippen LogP contribution in [-0.2, 0) is 9.59 Å². The van der Waals surface area contributed by atoms with E-state index in [1.165, 1.54) is 4.90 Å². The third-order valence-electron chi connectivity index (χ3n) is 1.97. The number of carbonyl (C=O) groups excluding carboxylic acids is 2. The maximum Gasteiger partial charge on any atom is 0.231 e. The highest BCUT2D eigenvalue weighted by atomic mass is 16.2. The summed E-state index contributed by atoms with van der Waals surface area (Å²) >= 11 is 0. The summed E-state index contributed by atoms with van der Waals surface area (Å²) in [5, 5.41) is 0. The van der Waals surface area contributed by atoms with E-state index in [0.717, 1.165) is 0 Å². The first-order chi connectivity index (χ1) is 5.69. The molecule has 0 aromatic heterocycles. The van der Waals surface area contributed by atoms with Crippen molar-refractivity contribution >= 4 is 11.7 Å². The van der Waals surface area contributed by atoms with E-state index in [1.54, 1.807) is 0 Å². The minimum atomic E-state index is -0.205. The fraction of sp³-hybridized carbons (Fsp3) is 0.556. The largest absolute Gasteiger partial charge is 0.321 e. The van der Waals surface area contributed by atoms with E-state index >= 15 is 0 Å². The van der Waals surface area contributed by atoms with E-state index in [4.69, 9.17) is 6.42 Å². The SMILES string of the molecule is C#CC(CC)N1CC(=O)CC1=O. The average molecular weight is 165 g/mol. The van der Waals surface area contributed by atoms with Crippen molar-refractivity contribution < 1.29 is 9.59 Å². The molecule has 12 heavy (non-hydrogen) atoms. The van der Waals surface area contributed by atoms with Gasteiger partial charge >= 0.3 is 0 Å². The van der Waals surface area contributed by atoms with Gasteiger partial charge in [-0.25, -0.2) is 0 Å². The lowest BCUT2D eigenvalue weighted by atomic mass is 10.2. The van der Waals surface area contributed by atoms with E-state index in [2.05, 4.69) is 5.92 Å². The van der Waals surface area contributed by atoms with Crippen molar-refractivity contribution in [3.8, 4) is 12.3 Å². The zero-order valence-corrected chi connectivity index (χ0v) is 7.04. The maximum atomic E-state index is 11.2. The lowest BCUT2D eigenvalue weighted by Crippen LogP contribution is -2.35. The molecule has 1 heterocycles. The predicted molar refractivity (Wildman–Crippen MR) is 44.2 cm³/mol. The molecule has 0 N–H and O–H groups in total. The predicted octanol–water partition coefficient (Wildman–Crippen LogP) is 0.200. The highest BCUT2D eigenvalue weighted by Crippen LogP contribution is 2.12. The molecule has 0 aromatic carbocycles. The molecule has 1 saturated heterocycles. The number of carbonyl (C=O) groups is 2. The number of Topliss-reactive ketones (excluding diaryl/α,β-unsaturated/α-hetero) is 1. The van der Waals surface area contributed by atoms with Gasteiger partial charge in [-0.05, 0) is 6.42 Å². The summed E-state index contributed by atoms with van der Waals surface area (Å²) in [7, 11) is 0. The Morgan fingerprint density at radius 3 is 2.67 bits per heavy atom. The maximum absolute atomic E-state index is 11.2. The molecule has 0 spiro atoms. The number of rotatable bonds is 2. The number of amides is 1. The van der Waals surface area contributed by atoms with Gasteiger partial charge in [-0.2, -0.15) is 0 Å². The van der Waals surface area contributed by atoms with Crippen LogP contribution in [0.4, 0.5) is 0 Å². The Balaban J connectivity index is 2.70. The van der Waals surface area contributed by atoms with E-state index in [-0.39, 0.29) is 30.7 Å². The van der Waals surface area contributed by atoms with Crippen LogP contribution < -0.4 is 0 Å². The Hall–Kier alpha value is -1.30. The van der Waals surface area contributed by atoms with Crippen LogP contribution in [0, 0.1) is 12.3 Å². The standard InChI is InChI=1S/C9H11NO2/c1-3-7(4-2)10-6-8(11)5-9(10)12/h1,7H,4-6H2,2H3. The molecule has 1 atom stereocenters. The summed E-state index contributed by atoms with van der Waals surface area (Å²) in [5.41, 5.74) is 0. The second kappa shape index (κ2) is 3.40. The first-order valence-electron chi connectivity index (χ1n) is 3.96. The van der Waals surface area contributed by atoms with Crippen molar-refractivity contribution in [1.82, 2.24) is 4.90 Å². The minimum Gasteiger partial charge on any atom is -0.321 e. The van der Waals surface area contributed by atoms with Gasteiger partial charge in [-0.15, -0.1) is 6.42 Å². The molecule has 64 valence electrons. The Labute approximate surface area is 71.7 Å². The van der Waals surface area contributed by atoms with Gasteiger partial charge in [0, 0.05) is 0 Å². The molecule has 3 nitrogen and oxygen atoms in total. The molecule has 0 aliphatic carbocycles. The van der Waals surface area contributed by atoms with Crippen LogP contribution in [0.15, 0.2) is 0 Å². The Bertz CT molecular complexity index is 252. The van der Waals surface area contributed by atoms with Gasteiger partial charge in [0.05, 0.1) is 19.0 Å². The first kappa shape index (κ1) is 8.79. The molecular formula is C9H11NO2. The number of hydrogen-bond acceptors (Lipinski definition) is 2. The van der Waals surface area contributed by atoms with Crippen LogP contribution in [0.25, 0.3) is 0 Å². The lowest BCUT2D eigenvalue weighted by Gasteiger charge is -2.20. The molecule has 0 saturated carbocycles. The molecule has 0 aromatic rings.